The van der Waals surface area contributed by atoms with Gasteiger partial charge in [0.1, 0.15) is 16.8 Å². The molecule has 0 spiro atoms. The van der Waals surface area contributed by atoms with Gasteiger partial charge in [-0.1, -0.05) is 24.4 Å². The van der Waals surface area contributed by atoms with Gasteiger partial charge in [0.05, 0.1) is 4.47 Å². The van der Waals surface area contributed by atoms with Gasteiger partial charge in [0, 0.05) is 0 Å². The third kappa shape index (κ3) is 2.97. The Balaban J connectivity index is 2.74. The molecule has 0 aromatic heterocycles. The first-order valence-corrected chi connectivity index (χ1v) is 5.02. The van der Waals surface area contributed by atoms with E-state index in [1.807, 2.05) is 31.2 Å². The van der Waals surface area contributed by atoms with Crippen molar-refractivity contribution in [3.05, 3.63) is 28.7 Å². The van der Waals surface area contributed by atoms with E-state index in [-0.39, 0.29) is 6.10 Å². The largest absolute Gasteiger partial charge is 0.482 e. The zero-order valence-corrected chi connectivity index (χ0v) is 9.56. The lowest BCUT2D eigenvalue weighted by molar-refractivity contribution is 0.286. The van der Waals surface area contributed by atoms with Crippen molar-refractivity contribution in [1.29, 1.82) is 0 Å². The molecule has 4 heteroatoms. The summed E-state index contributed by atoms with van der Waals surface area (Å²) in [5, 5.41) is 0. The fourth-order valence-corrected chi connectivity index (χ4v) is 1.22. The van der Waals surface area contributed by atoms with Crippen LogP contribution in [0.4, 0.5) is 0 Å². The third-order valence-electron chi connectivity index (χ3n) is 1.54. The monoisotopic (exact) mass is 259 g/mol. The van der Waals surface area contributed by atoms with Gasteiger partial charge < -0.3 is 10.5 Å². The van der Waals surface area contributed by atoms with Crippen LogP contribution in [0.15, 0.2) is 28.7 Å². The van der Waals surface area contributed by atoms with Crippen LogP contribution in [-0.2, 0) is 0 Å². The average Bonchev–Trinajstić information content (AvgIpc) is 2.08. The Labute approximate surface area is 91.2 Å². The molecular weight excluding hydrogens is 250 g/mol. The van der Waals surface area contributed by atoms with Crippen molar-refractivity contribution >= 4 is 33.1 Å². The average molecular weight is 260 g/mol. The molecule has 0 aliphatic rings. The molecule has 0 radical (unpaired) electrons. The number of hydrogen-bond donors (Lipinski definition) is 1. The standard InChI is InChI=1S/C9H10BrNOS/c1-6(9(11)13)12-8-5-3-2-4-7(8)10/h2-6H,1H3,(H2,11,13). The first kappa shape index (κ1) is 10.5. The van der Waals surface area contributed by atoms with Crippen molar-refractivity contribution in [2.24, 2.45) is 5.73 Å². The zero-order chi connectivity index (χ0) is 9.84. The van der Waals surface area contributed by atoms with E-state index in [4.69, 9.17) is 22.7 Å². The highest BCUT2D eigenvalue weighted by Crippen LogP contribution is 2.24. The van der Waals surface area contributed by atoms with E-state index >= 15 is 0 Å². The summed E-state index contributed by atoms with van der Waals surface area (Å²) in [6.07, 6.45) is -0.242. The topological polar surface area (TPSA) is 35.2 Å². The van der Waals surface area contributed by atoms with Crippen molar-refractivity contribution in [3.63, 3.8) is 0 Å². The lowest BCUT2D eigenvalue weighted by Gasteiger charge is -2.13. The van der Waals surface area contributed by atoms with Crippen LogP contribution in [0, 0.1) is 0 Å². The Morgan fingerprint density at radius 3 is 2.69 bits per heavy atom. The van der Waals surface area contributed by atoms with E-state index in [1.54, 1.807) is 0 Å². The predicted molar refractivity (Wildman–Crippen MR) is 61.0 cm³/mol. The summed E-state index contributed by atoms with van der Waals surface area (Å²) in [5.41, 5.74) is 5.43. The van der Waals surface area contributed by atoms with Gasteiger partial charge in [-0.05, 0) is 35.0 Å². The highest BCUT2D eigenvalue weighted by molar-refractivity contribution is 9.10. The normalized spacial score (nSPS) is 12.2. The first-order chi connectivity index (χ1) is 6.11. The van der Waals surface area contributed by atoms with Crippen LogP contribution in [0.2, 0.25) is 0 Å². The number of ether oxygens (including phenoxy) is 1. The maximum atomic E-state index is 5.49. The molecule has 0 amide bonds. The second kappa shape index (κ2) is 4.58. The Morgan fingerprint density at radius 1 is 1.54 bits per heavy atom. The zero-order valence-electron chi connectivity index (χ0n) is 7.16. The minimum absolute atomic E-state index is 0.242. The van der Waals surface area contributed by atoms with Gasteiger partial charge in [0.15, 0.2) is 0 Å². The molecule has 0 heterocycles. The number of para-hydroxylation sites is 1. The maximum Gasteiger partial charge on any atom is 0.145 e. The second-order valence-electron chi connectivity index (χ2n) is 2.59. The molecule has 13 heavy (non-hydrogen) atoms. The smallest absolute Gasteiger partial charge is 0.145 e. The Bertz CT molecular complexity index is 316. The van der Waals surface area contributed by atoms with Crippen molar-refractivity contribution in [3.8, 4) is 5.75 Å². The fourth-order valence-electron chi connectivity index (χ4n) is 0.789. The van der Waals surface area contributed by atoms with Gasteiger partial charge in [0.25, 0.3) is 0 Å². The quantitative estimate of drug-likeness (QED) is 0.848. The molecule has 0 saturated heterocycles. The number of nitrogens with two attached hydrogens (primary N) is 1. The molecule has 1 unspecified atom stereocenters. The molecular formula is C9H10BrNOS. The SMILES string of the molecule is CC(Oc1ccccc1Br)C(N)=S. The van der Waals surface area contributed by atoms with Crippen LogP contribution in [0.5, 0.6) is 5.75 Å². The van der Waals surface area contributed by atoms with Gasteiger partial charge >= 0.3 is 0 Å². The van der Waals surface area contributed by atoms with Crippen LogP contribution in [0.1, 0.15) is 6.92 Å². The van der Waals surface area contributed by atoms with Crippen LogP contribution in [-0.4, -0.2) is 11.1 Å². The molecule has 0 bridgehead atoms. The van der Waals surface area contributed by atoms with Gasteiger partial charge in [-0.3, -0.25) is 0 Å². The van der Waals surface area contributed by atoms with Crippen LogP contribution in [0.3, 0.4) is 0 Å². The second-order valence-corrected chi connectivity index (χ2v) is 3.92. The third-order valence-corrected chi connectivity index (χ3v) is 2.53. The summed E-state index contributed by atoms with van der Waals surface area (Å²) in [6, 6.07) is 7.58. The Kier molecular flexibility index (Phi) is 3.69. The summed E-state index contributed by atoms with van der Waals surface area (Å²) >= 11 is 8.16. The molecule has 0 aliphatic carbocycles. The fraction of sp³-hybridized carbons (Fsp3) is 0.222. The Hall–Kier alpha value is -0.610. The summed E-state index contributed by atoms with van der Waals surface area (Å²) in [7, 11) is 0. The molecule has 2 N–H and O–H groups in total. The minimum atomic E-state index is -0.242. The van der Waals surface area contributed by atoms with Crippen LogP contribution < -0.4 is 10.5 Å². The van der Waals surface area contributed by atoms with Crippen molar-refractivity contribution < 1.29 is 4.74 Å². The molecule has 0 saturated carbocycles. The molecule has 1 rings (SSSR count). The van der Waals surface area contributed by atoms with Gasteiger partial charge in [-0.25, -0.2) is 0 Å². The van der Waals surface area contributed by atoms with Crippen LogP contribution >= 0.6 is 28.1 Å². The number of hydrogen-bond acceptors (Lipinski definition) is 2. The maximum absolute atomic E-state index is 5.49. The van der Waals surface area contributed by atoms with Crippen molar-refractivity contribution in [2.75, 3.05) is 0 Å². The van der Waals surface area contributed by atoms with E-state index in [0.29, 0.717) is 4.99 Å². The lowest BCUT2D eigenvalue weighted by Crippen LogP contribution is -2.28. The van der Waals surface area contributed by atoms with Crippen LogP contribution in [0.25, 0.3) is 0 Å². The highest BCUT2D eigenvalue weighted by atomic mass is 79.9. The first-order valence-electron chi connectivity index (χ1n) is 3.81. The molecule has 1 aromatic carbocycles. The van der Waals surface area contributed by atoms with Gasteiger partial charge in [-0.2, -0.15) is 0 Å². The van der Waals surface area contributed by atoms with E-state index in [9.17, 15) is 0 Å². The summed E-state index contributed by atoms with van der Waals surface area (Å²) in [6.45, 7) is 1.82. The Morgan fingerprint density at radius 2 is 2.15 bits per heavy atom. The summed E-state index contributed by atoms with van der Waals surface area (Å²) in [5.74, 6) is 0.753. The predicted octanol–water partition coefficient (Wildman–Crippen LogP) is 2.50. The number of rotatable bonds is 3. The van der Waals surface area contributed by atoms with Crippen molar-refractivity contribution in [2.45, 2.75) is 13.0 Å². The highest BCUT2D eigenvalue weighted by Gasteiger charge is 2.08. The van der Waals surface area contributed by atoms with E-state index in [2.05, 4.69) is 15.9 Å². The molecule has 0 fully saturated rings. The van der Waals surface area contributed by atoms with E-state index < -0.39 is 0 Å². The minimum Gasteiger partial charge on any atom is -0.482 e. The molecule has 1 aromatic rings. The van der Waals surface area contributed by atoms with Gasteiger partial charge in [-0.15, -0.1) is 0 Å². The number of benzene rings is 1. The molecule has 70 valence electrons. The summed E-state index contributed by atoms with van der Waals surface area (Å²) < 4.78 is 6.39. The molecule has 0 aliphatic heterocycles. The van der Waals surface area contributed by atoms with E-state index in [1.165, 1.54) is 0 Å². The lowest BCUT2D eigenvalue weighted by atomic mass is 10.3. The van der Waals surface area contributed by atoms with E-state index in [0.717, 1.165) is 10.2 Å². The number of halogens is 1. The molecule has 2 nitrogen and oxygen atoms in total. The van der Waals surface area contributed by atoms with Gasteiger partial charge in [0.2, 0.25) is 0 Å². The molecule has 1 atom stereocenters. The number of thiocarbonyl (C=S) groups is 1. The van der Waals surface area contributed by atoms with Crippen molar-refractivity contribution in [1.82, 2.24) is 0 Å². The summed E-state index contributed by atoms with van der Waals surface area (Å²) in [4.78, 5) is 0.357.